The van der Waals surface area contributed by atoms with E-state index >= 15 is 0 Å². The zero-order valence-electron chi connectivity index (χ0n) is 10.5. The van der Waals surface area contributed by atoms with Crippen LogP contribution in [0, 0.1) is 5.82 Å². The molecule has 1 heterocycles. The van der Waals surface area contributed by atoms with Gasteiger partial charge in [0.1, 0.15) is 0 Å². The topological polar surface area (TPSA) is 48.1 Å². The van der Waals surface area contributed by atoms with E-state index in [4.69, 9.17) is 10.5 Å². The average molecular weight is 258 g/mol. The molecule has 0 bridgehead atoms. The number of hydrogen-bond acceptors (Lipinski definition) is 3. The van der Waals surface area contributed by atoms with Crippen molar-refractivity contribution in [3.8, 4) is 11.6 Å². The minimum Gasteiger partial charge on any atom is -0.436 e. The standard InChI is InChI=1S/C15H15FN2O/c16-12-8-10(9-17)4-6-14(12)19-15-7-5-11-2-1-3-13(11)18-15/h4-8H,1-3,9,17H2. The van der Waals surface area contributed by atoms with Crippen LogP contribution in [0.3, 0.4) is 0 Å². The van der Waals surface area contributed by atoms with Crippen LogP contribution in [0.5, 0.6) is 11.6 Å². The van der Waals surface area contributed by atoms with Crippen molar-refractivity contribution in [3.05, 3.63) is 53.0 Å². The predicted molar refractivity (Wildman–Crippen MR) is 70.6 cm³/mol. The van der Waals surface area contributed by atoms with Gasteiger partial charge in [0.05, 0.1) is 0 Å². The highest BCUT2D eigenvalue weighted by molar-refractivity contribution is 5.35. The normalized spacial score (nSPS) is 13.4. The number of aromatic nitrogens is 1. The Morgan fingerprint density at radius 1 is 1.21 bits per heavy atom. The molecule has 1 aromatic heterocycles. The van der Waals surface area contributed by atoms with Gasteiger partial charge in [0, 0.05) is 18.3 Å². The van der Waals surface area contributed by atoms with Gasteiger partial charge in [-0.1, -0.05) is 12.1 Å². The second-order valence-electron chi connectivity index (χ2n) is 4.68. The molecule has 0 radical (unpaired) electrons. The highest BCUT2D eigenvalue weighted by Crippen LogP contribution is 2.27. The zero-order valence-corrected chi connectivity index (χ0v) is 10.5. The molecule has 4 heteroatoms. The molecule has 0 unspecified atom stereocenters. The summed E-state index contributed by atoms with van der Waals surface area (Å²) in [4.78, 5) is 4.42. The highest BCUT2D eigenvalue weighted by atomic mass is 19.1. The fourth-order valence-electron chi connectivity index (χ4n) is 2.32. The third-order valence-electron chi connectivity index (χ3n) is 3.35. The zero-order chi connectivity index (χ0) is 13.2. The van der Waals surface area contributed by atoms with Crippen LogP contribution < -0.4 is 10.5 Å². The highest BCUT2D eigenvalue weighted by Gasteiger charge is 2.14. The van der Waals surface area contributed by atoms with Crippen molar-refractivity contribution < 1.29 is 9.13 Å². The van der Waals surface area contributed by atoms with Crippen molar-refractivity contribution in [3.63, 3.8) is 0 Å². The van der Waals surface area contributed by atoms with Gasteiger partial charge in [-0.15, -0.1) is 0 Å². The number of ether oxygens (including phenoxy) is 1. The number of fused-ring (bicyclic) bond motifs is 1. The quantitative estimate of drug-likeness (QED) is 0.920. The van der Waals surface area contributed by atoms with Crippen molar-refractivity contribution in [2.75, 3.05) is 0 Å². The summed E-state index contributed by atoms with van der Waals surface area (Å²) in [6, 6.07) is 8.54. The molecule has 1 aliphatic rings. The van der Waals surface area contributed by atoms with E-state index in [1.807, 2.05) is 6.07 Å². The minimum atomic E-state index is -0.412. The number of hydrogen-bond donors (Lipinski definition) is 1. The first-order chi connectivity index (χ1) is 9.26. The number of aryl methyl sites for hydroxylation is 2. The third kappa shape index (κ3) is 2.44. The lowest BCUT2D eigenvalue weighted by Crippen LogP contribution is -1.98. The average Bonchev–Trinajstić information content (AvgIpc) is 2.88. The van der Waals surface area contributed by atoms with Crippen molar-refractivity contribution >= 4 is 0 Å². The first-order valence-electron chi connectivity index (χ1n) is 6.41. The molecule has 3 nitrogen and oxygen atoms in total. The van der Waals surface area contributed by atoms with Crippen LogP contribution in [0.4, 0.5) is 4.39 Å². The first kappa shape index (κ1) is 12.1. The van der Waals surface area contributed by atoms with Gasteiger partial charge in [-0.3, -0.25) is 0 Å². The minimum absolute atomic E-state index is 0.183. The van der Waals surface area contributed by atoms with Gasteiger partial charge < -0.3 is 10.5 Å². The van der Waals surface area contributed by atoms with Gasteiger partial charge in [0.15, 0.2) is 11.6 Å². The molecular weight excluding hydrogens is 243 g/mol. The molecule has 1 aromatic carbocycles. The molecule has 2 N–H and O–H groups in total. The molecular formula is C15H15FN2O. The fourth-order valence-corrected chi connectivity index (χ4v) is 2.32. The molecule has 0 aliphatic heterocycles. The lowest BCUT2D eigenvalue weighted by Gasteiger charge is -2.08. The predicted octanol–water partition coefficient (Wildman–Crippen LogP) is 2.96. The van der Waals surface area contributed by atoms with Gasteiger partial charge in [0.2, 0.25) is 5.88 Å². The molecule has 19 heavy (non-hydrogen) atoms. The molecule has 1 aliphatic carbocycles. The Hall–Kier alpha value is -1.94. The lowest BCUT2D eigenvalue weighted by molar-refractivity contribution is 0.425. The number of nitrogens with two attached hydrogens (primary N) is 1. The van der Waals surface area contributed by atoms with E-state index < -0.39 is 5.82 Å². The lowest BCUT2D eigenvalue weighted by atomic mass is 10.2. The van der Waals surface area contributed by atoms with Crippen molar-refractivity contribution in [1.82, 2.24) is 4.98 Å². The summed E-state index contributed by atoms with van der Waals surface area (Å²) < 4.78 is 19.3. The van der Waals surface area contributed by atoms with E-state index in [9.17, 15) is 4.39 Å². The Balaban J connectivity index is 1.85. The van der Waals surface area contributed by atoms with Crippen LogP contribution in [0.2, 0.25) is 0 Å². The Bertz CT molecular complexity index is 613. The summed E-state index contributed by atoms with van der Waals surface area (Å²) in [7, 11) is 0. The van der Waals surface area contributed by atoms with Crippen molar-refractivity contribution in [2.45, 2.75) is 25.8 Å². The first-order valence-corrected chi connectivity index (χ1v) is 6.41. The second-order valence-corrected chi connectivity index (χ2v) is 4.68. The van der Waals surface area contributed by atoms with Crippen LogP contribution >= 0.6 is 0 Å². The number of rotatable bonds is 3. The monoisotopic (exact) mass is 258 g/mol. The SMILES string of the molecule is NCc1ccc(Oc2ccc3c(n2)CCC3)c(F)c1. The summed E-state index contributed by atoms with van der Waals surface area (Å²) in [5, 5.41) is 0. The number of nitrogens with zero attached hydrogens (tertiary/aromatic N) is 1. The molecule has 98 valence electrons. The molecule has 0 spiro atoms. The summed E-state index contributed by atoms with van der Waals surface area (Å²) in [6.45, 7) is 0.314. The Morgan fingerprint density at radius 3 is 2.89 bits per heavy atom. The van der Waals surface area contributed by atoms with Crippen LogP contribution in [-0.4, -0.2) is 4.98 Å². The van der Waals surface area contributed by atoms with Crippen molar-refractivity contribution in [1.29, 1.82) is 0 Å². The molecule has 0 saturated carbocycles. The van der Waals surface area contributed by atoms with Crippen molar-refractivity contribution in [2.24, 2.45) is 5.73 Å². The summed E-state index contributed by atoms with van der Waals surface area (Å²) >= 11 is 0. The summed E-state index contributed by atoms with van der Waals surface area (Å²) in [6.07, 6.45) is 3.18. The van der Waals surface area contributed by atoms with Crippen LogP contribution in [0.25, 0.3) is 0 Å². The van der Waals surface area contributed by atoms with Gasteiger partial charge in [-0.25, -0.2) is 9.37 Å². The summed E-state index contributed by atoms with van der Waals surface area (Å²) in [5.74, 6) is 0.216. The third-order valence-corrected chi connectivity index (χ3v) is 3.35. The Morgan fingerprint density at radius 2 is 2.11 bits per heavy atom. The number of benzene rings is 1. The maximum Gasteiger partial charge on any atom is 0.219 e. The van der Waals surface area contributed by atoms with E-state index in [1.165, 1.54) is 11.6 Å². The Labute approximate surface area is 111 Å². The summed E-state index contributed by atoms with van der Waals surface area (Å²) in [5.41, 5.74) is 8.54. The molecule has 0 saturated heterocycles. The van der Waals surface area contributed by atoms with Gasteiger partial charge in [0.25, 0.3) is 0 Å². The van der Waals surface area contributed by atoms with Crippen LogP contribution in [0.15, 0.2) is 30.3 Å². The van der Waals surface area contributed by atoms with E-state index in [-0.39, 0.29) is 5.75 Å². The fraction of sp³-hybridized carbons (Fsp3) is 0.267. The Kier molecular flexibility index (Phi) is 3.17. The van der Waals surface area contributed by atoms with Gasteiger partial charge >= 0.3 is 0 Å². The van der Waals surface area contributed by atoms with E-state index in [1.54, 1.807) is 18.2 Å². The van der Waals surface area contributed by atoms with E-state index in [0.29, 0.717) is 12.4 Å². The molecule has 3 rings (SSSR count). The molecule has 2 aromatic rings. The largest absolute Gasteiger partial charge is 0.436 e. The van der Waals surface area contributed by atoms with E-state index in [2.05, 4.69) is 4.98 Å². The smallest absolute Gasteiger partial charge is 0.219 e. The van der Waals surface area contributed by atoms with E-state index in [0.717, 1.165) is 30.5 Å². The van der Waals surface area contributed by atoms with Gasteiger partial charge in [-0.05, 0) is 42.5 Å². The van der Waals surface area contributed by atoms with Gasteiger partial charge in [-0.2, -0.15) is 0 Å². The second kappa shape index (κ2) is 4.97. The molecule has 0 amide bonds. The molecule has 0 atom stereocenters. The van der Waals surface area contributed by atoms with Crippen LogP contribution in [0.1, 0.15) is 23.2 Å². The maximum atomic E-state index is 13.8. The maximum absolute atomic E-state index is 13.8. The molecule has 0 fully saturated rings. The number of halogens is 1. The number of pyridine rings is 1. The van der Waals surface area contributed by atoms with Crippen LogP contribution in [-0.2, 0) is 19.4 Å².